The van der Waals surface area contributed by atoms with Crippen molar-refractivity contribution in [2.24, 2.45) is 0 Å². The number of halogens is 5. The number of aliphatic hydroxyl groups is 1. The summed E-state index contributed by atoms with van der Waals surface area (Å²) < 4.78 is 67.6. The number of piperidine rings is 2. The number of alkyl halides is 3. The maximum Gasteiger partial charge on any atom is 0.261 e. The fourth-order valence-electron chi connectivity index (χ4n) is 4.47. The second-order valence-electron chi connectivity index (χ2n) is 9.75. The van der Waals surface area contributed by atoms with Crippen molar-refractivity contribution in [3.8, 4) is 0 Å². The normalized spacial score (nSPS) is 31.2. The van der Waals surface area contributed by atoms with Crippen LogP contribution in [0.5, 0.6) is 0 Å². The quantitative estimate of drug-likeness (QED) is 0.494. The van der Waals surface area contributed by atoms with Crippen LogP contribution in [0.1, 0.15) is 58.1 Å². The van der Waals surface area contributed by atoms with Crippen LogP contribution in [0.3, 0.4) is 0 Å². The van der Waals surface area contributed by atoms with Crippen LogP contribution < -0.4 is 10.6 Å². The molecule has 5 nitrogen and oxygen atoms in total. The van der Waals surface area contributed by atoms with Gasteiger partial charge in [0.05, 0.1) is 17.7 Å². The van der Waals surface area contributed by atoms with Gasteiger partial charge >= 0.3 is 0 Å². The Balaban J connectivity index is 0.000000253. The van der Waals surface area contributed by atoms with Gasteiger partial charge in [-0.2, -0.15) is 0 Å². The zero-order chi connectivity index (χ0) is 26.8. The molecule has 2 aliphatic heterocycles. The first-order valence-electron chi connectivity index (χ1n) is 11.5. The van der Waals surface area contributed by atoms with E-state index in [2.05, 4.69) is 10.6 Å². The van der Waals surface area contributed by atoms with Crippen LogP contribution in [0.4, 0.5) is 22.0 Å². The lowest BCUT2D eigenvalue weighted by molar-refractivity contribution is -0.143. The second kappa shape index (κ2) is 11.2. The number of nitrogens with one attached hydrogen (secondary N) is 2. The summed E-state index contributed by atoms with van der Waals surface area (Å²) in [6.07, 6.45) is 0.0111. The van der Waals surface area contributed by atoms with E-state index in [-0.39, 0.29) is 33.1 Å². The predicted octanol–water partition coefficient (Wildman–Crippen LogP) is 4.92. The lowest BCUT2D eigenvalue weighted by Gasteiger charge is -2.40. The molecule has 2 aromatic carbocycles. The molecular formula is C27H33F5N2O3. The summed E-state index contributed by atoms with van der Waals surface area (Å²) in [5.74, 6) is -2.80. The van der Waals surface area contributed by atoms with Gasteiger partial charge in [0.25, 0.3) is 11.8 Å². The molecule has 0 aromatic heterocycles. The molecule has 204 valence electrons. The number of benzene rings is 2. The van der Waals surface area contributed by atoms with E-state index >= 15 is 0 Å². The summed E-state index contributed by atoms with van der Waals surface area (Å²) >= 11 is 0. The van der Waals surface area contributed by atoms with E-state index in [9.17, 15) is 31.5 Å². The van der Waals surface area contributed by atoms with Gasteiger partial charge in [0.1, 0.15) is 18.3 Å². The first kappa shape index (κ1) is 30.2. The maximum absolute atomic E-state index is 13.9. The molecule has 0 saturated carbocycles. The number of hydrogen-bond donors (Lipinski definition) is 3. The highest BCUT2D eigenvalue weighted by molar-refractivity contribution is 5.87. The molecule has 4 rings (SSSR count). The summed E-state index contributed by atoms with van der Waals surface area (Å²) in [4.78, 5) is 23.3. The summed E-state index contributed by atoms with van der Waals surface area (Å²) in [5.41, 5.74) is -6.05. The molecule has 2 aliphatic rings. The van der Waals surface area contributed by atoms with Crippen LogP contribution in [0.15, 0.2) is 48.5 Å². The van der Waals surface area contributed by atoms with E-state index in [1.807, 2.05) is 0 Å². The summed E-state index contributed by atoms with van der Waals surface area (Å²) in [6, 6.07) is 12.1. The zero-order valence-electron chi connectivity index (χ0n) is 20.0. The topological polar surface area (TPSA) is 78.4 Å². The Kier molecular flexibility index (Phi) is 9.12. The lowest BCUT2D eigenvalue weighted by atomic mass is 9.79. The van der Waals surface area contributed by atoms with Gasteiger partial charge in [-0.3, -0.25) is 9.59 Å². The first-order valence-corrected chi connectivity index (χ1v) is 11.5. The summed E-state index contributed by atoms with van der Waals surface area (Å²) in [6.45, 7) is 1.06. The first-order chi connectivity index (χ1) is 16.8. The van der Waals surface area contributed by atoms with Gasteiger partial charge in [-0.25, -0.2) is 22.0 Å². The molecule has 0 aliphatic carbocycles. The van der Waals surface area contributed by atoms with Crippen molar-refractivity contribution in [3.05, 3.63) is 71.3 Å². The molecule has 0 spiro atoms. The zero-order valence-corrected chi connectivity index (χ0v) is 20.0. The Morgan fingerprint density at radius 2 is 1.14 bits per heavy atom. The van der Waals surface area contributed by atoms with Crippen LogP contribution in [-0.2, 0) is 20.7 Å². The third-order valence-corrected chi connectivity index (χ3v) is 7.03. The molecule has 3 N–H and O–H groups in total. The summed E-state index contributed by atoms with van der Waals surface area (Å²) in [5, 5.41) is 13.8. The molecule has 4 atom stereocenters. The van der Waals surface area contributed by atoms with Crippen molar-refractivity contribution in [1.82, 2.24) is 10.6 Å². The van der Waals surface area contributed by atoms with Crippen molar-refractivity contribution in [2.45, 2.75) is 69.4 Å². The standard InChI is InChI=1S/C13H14F3NO.C13H15F2NO2.CH4/c1-12(9-4-2-3-5-10(9)15)6-7-13(16,8-14)11(18)17-12;1-12(9-4-2-3-5-10(9)14)6-7-13(15,8-17)11(18)16-12;/h2-5H,6-8H2,1H3,(H,17,18);2-5,17H,6-8H2,1H3,(H,16,18);1H4/t2*12-,13?;/m00./s1. The number of hydrogen-bond acceptors (Lipinski definition) is 3. The molecule has 10 heteroatoms. The Hall–Kier alpha value is -3.01. The number of rotatable bonds is 4. The van der Waals surface area contributed by atoms with Gasteiger partial charge in [0.15, 0.2) is 0 Å². The van der Waals surface area contributed by atoms with Gasteiger partial charge < -0.3 is 15.7 Å². The van der Waals surface area contributed by atoms with Gasteiger partial charge in [0.2, 0.25) is 11.3 Å². The Morgan fingerprint density at radius 3 is 1.46 bits per heavy atom. The third-order valence-electron chi connectivity index (χ3n) is 7.03. The number of carbonyl (C=O) groups excluding carboxylic acids is 2. The molecular weight excluding hydrogens is 495 g/mol. The average molecular weight is 529 g/mol. The fraction of sp³-hybridized carbons (Fsp3) is 0.481. The highest BCUT2D eigenvalue weighted by Crippen LogP contribution is 2.38. The average Bonchev–Trinajstić information content (AvgIpc) is 2.85. The van der Waals surface area contributed by atoms with E-state index < -0.39 is 59.1 Å². The highest BCUT2D eigenvalue weighted by Gasteiger charge is 2.49. The second-order valence-corrected chi connectivity index (χ2v) is 9.75. The van der Waals surface area contributed by atoms with Crippen LogP contribution in [0, 0.1) is 11.6 Å². The van der Waals surface area contributed by atoms with E-state index in [4.69, 9.17) is 5.11 Å². The fourth-order valence-corrected chi connectivity index (χ4v) is 4.47. The van der Waals surface area contributed by atoms with E-state index in [1.54, 1.807) is 38.1 Å². The molecule has 2 saturated heterocycles. The Labute approximate surface area is 213 Å². The van der Waals surface area contributed by atoms with Crippen LogP contribution >= 0.6 is 0 Å². The smallest absolute Gasteiger partial charge is 0.261 e. The minimum atomic E-state index is -2.48. The van der Waals surface area contributed by atoms with E-state index in [0.717, 1.165) is 0 Å². The number of carbonyl (C=O) groups is 2. The van der Waals surface area contributed by atoms with Crippen molar-refractivity contribution in [1.29, 1.82) is 0 Å². The van der Waals surface area contributed by atoms with E-state index in [1.165, 1.54) is 24.3 Å². The minimum Gasteiger partial charge on any atom is -0.392 e. The summed E-state index contributed by atoms with van der Waals surface area (Å²) in [7, 11) is 0. The van der Waals surface area contributed by atoms with Crippen molar-refractivity contribution in [2.75, 3.05) is 13.3 Å². The van der Waals surface area contributed by atoms with Crippen LogP contribution in [0.25, 0.3) is 0 Å². The minimum absolute atomic E-state index is 0. The van der Waals surface area contributed by atoms with Gasteiger partial charge in [-0.15, -0.1) is 0 Å². The van der Waals surface area contributed by atoms with Gasteiger partial charge in [-0.05, 0) is 51.7 Å². The monoisotopic (exact) mass is 528 g/mol. The predicted molar refractivity (Wildman–Crippen MR) is 130 cm³/mol. The van der Waals surface area contributed by atoms with Gasteiger partial charge in [-0.1, -0.05) is 43.8 Å². The lowest BCUT2D eigenvalue weighted by Crippen LogP contribution is -2.59. The van der Waals surface area contributed by atoms with Crippen molar-refractivity contribution >= 4 is 11.8 Å². The van der Waals surface area contributed by atoms with Crippen molar-refractivity contribution in [3.63, 3.8) is 0 Å². The Morgan fingerprint density at radius 1 is 0.757 bits per heavy atom. The molecule has 2 amide bonds. The number of aliphatic hydroxyl groups excluding tert-OH is 1. The Bertz CT molecular complexity index is 1050. The maximum atomic E-state index is 13.9. The van der Waals surface area contributed by atoms with Crippen molar-refractivity contribution < 1.29 is 36.6 Å². The third kappa shape index (κ3) is 5.95. The molecule has 2 aromatic rings. The number of amides is 2. The van der Waals surface area contributed by atoms with Crippen LogP contribution in [0.2, 0.25) is 0 Å². The molecule has 0 bridgehead atoms. The SMILES string of the molecule is C.C[C@@]1(c2ccccc2F)CCC(F)(CF)C(=O)N1.C[C@@]1(c2ccccc2F)CCC(F)(CO)C(=O)N1. The highest BCUT2D eigenvalue weighted by atomic mass is 19.2. The largest absolute Gasteiger partial charge is 0.392 e. The van der Waals surface area contributed by atoms with Crippen LogP contribution in [-0.4, -0.2) is 41.5 Å². The molecule has 2 fully saturated rings. The molecule has 37 heavy (non-hydrogen) atoms. The van der Waals surface area contributed by atoms with E-state index in [0.29, 0.717) is 11.1 Å². The molecule has 0 radical (unpaired) electrons. The molecule has 2 heterocycles. The van der Waals surface area contributed by atoms with Gasteiger partial charge in [0, 0.05) is 11.1 Å². The molecule has 2 unspecified atom stereocenters.